The Labute approximate surface area is 98.0 Å². The molecule has 16 heavy (non-hydrogen) atoms. The molecule has 0 bridgehead atoms. The van der Waals surface area contributed by atoms with Gasteiger partial charge < -0.3 is 4.74 Å². The number of rotatable bonds is 4. The highest BCUT2D eigenvalue weighted by molar-refractivity contribution is 7.98. The van der Waals surface area contributed by atoms with Crippen molar-refractivity contribution >= 4 is 11.8 Å². The van der Waals surface area contributed by atoms with Crippen LogP contribution in [0.15, 0.2) is 33.8 Å². The molecule has 1 heterocycles. The van der Waals surface area contributed by atoms with E-state index in [0.29, 0.717) is 6.61 Å². The largest absolute Gasteiger partial charge is 0.487 e. The number of aryl methyl sites for hydroxylation is 1. The zero-order valence-corrected chi connectivity index (χ0v) is 9.95. The highest BCUT2D eigenvalue weighted by Crippen LogP contribution is 2.19. The fourth-order valence-electron chi connectivity index (χ4n) is 1.20. The molecule has 4 nitrogen and oxygen atoms in total. The molecule has 0 amide bonds. The van der Waals surface area contributed by atoms with Crippen molar-refractivity contribution in [3.8, 4) is 5.75 Å². The van der Waals surface area contributed by atoms with Gasteiger partial charge in [-0.25, -0.2) is 4.63 Å². The van der Waals surface area contributed by atoms with E-state index in [9.17, 15) is 0 Å². The van der Waals surface area contributed by atoms with Gasteiger partial charge in [-0.2, -0.15) is 0 Å². The summed E-state index contributed by atoms with van der Waals surface area (Å²) in [5.41, 5.74) is 1.50. The van der Waals surface area contributed by atoms with E-state index in [1.54, 1.807) is 11.8 Å². The van der Waals surface area contributed by atoms with E-state index in [0.717, 1.165) is 17.1 Å². The summed E-state index contributed by atoms with van der Waals surface area (Å²) in [4.78, 5) is 1.21. The van der Waals surface area contributed by atoms with Crippen molar-refractivity contribution < 1.29 is 9.37 Å². The maximum atomic E-state index is 5.56. The van der Waals surface area contributed by atoms with Gasteiger partial charge in [0.15, 0.2) is 0 Å². The Balaban J connectivity index is 1.97. The normalized spacial score (nSPS) is 10.4. The first kappa shape index (κ1) is 11.0. The van der Waals surface area contributed by atoms with E-state index in [1.165, 1.54) is 4.90 Å². The second-order valence-corrected chi connectivity index (χ2v) is 4.14. The maximum absolute atomic E-state index is 5.56. The monoisotopic (exact) mass is 236 g/mol. The molecule has 0 N–H and O–H groups in total. The van der Waals surface area contributed by atoms with Crippen LogP contribution in [-0.2, 0) is 6.61 Å². The van der Waals surface area contributed by atoms with Crippen molar-refractivity contribution in [2.75, 3.05) is 6.26 Å². The second kappa shape index (κ2) is 5.03. The van der Waals surface area contributed by atoms with E-state index < -0.39 is 0 Å². The molecule has 0 fully saturated rings. The van der Waals surface area contributed by atoms with E-state index in [1.807, 2.05) is 37.4 Å². The molecule has 0 unspecified atom stereocenters. The predicted octanol–water partition coefficient (Wildman–Crippen LogP) is 2.68. The summed E-state index contributed by atoms with van der Waals surface area (Å²) in [6.07, 6.45) is 2.04. The van der Waals surface area contributed by atoms with Crippen molar-refractivity contribution in [2.24, 2.45) is 0 Å². The van der Waals surface area contributed by atoms with Crippen molar-refractivity contribution in [1.82, 2.24) is 10.3 Å². The first-order valence-electron chi connectivity index (χ1n) is 4.84. The van der Waals surface area contributed by atoms with E-state index >= 15 is 0 Å². The molecule has 0 aliphatic carbocycles. The summed E-state index contributed by atoms with van der Waals surface area (Å²) < 4.78 is 10.1. The van der Waals surface area contributed by atoms with E-state index in [-0.39, 0.29) is 0 Å². The van der Waals surface area contributed by atoms with Gasteiger partial charge in [-0.1, -0.05) is 10.3 Å². The minimum absolute atomic E-state index is 0.383. The third-order valence-electron chi connectivity index (χ3n) is 2.18. The predicted molar refractivity (Wildman–Crippen MR) is 61.6 cm³/mol. The Hall–Kier alpha value is -1.49. The lowest BCUT2D eigenvalue weighted by Crippen LogP contribution is -1.97. The van der Waals surface area contributed by atoms with Gasteiger partial charge in [0, 0.05) is 4.90 Å². The summed E-state index contributed by atoms with van der Waals surface area (Å²) in [6, 6.07) is 7.92. The number of ether oxygens (including phenoxy) is 1. The van der Waals surface area contributed by atoms with Crippen LogP contribution in [0.4, 0.5) is 0 Å². The molecule has 2 rings (SSSR count). The number of nitrogens with zero attached hydrogens (tertiary/aromatic N) is 2. The standard InChI is InChI=1S/C11H12N2O2S/c1-8-11(13-15-12-8)7-14-9-3-5-10(16-2)6-4-9/h3-6H,7H2,1-2H3. The Bertz CT molecular complexity index is 453. The van der Waals surface area contributed by atoms with Gasteiger partial charge in [-0.05, 0) is 37.4 Å². The zero-order valence-electron chi connectivity index (χ0n) is 9.14. The maximum Gasteiger partial charge on any atom is 0.145 e. The molecule has 0 atom stereocenters. The second-order valence-electron chi connectivity index (χ2n) is 3.26. The van der Waals surface area contributed by atoms with Crippen LogP contribution < -0.4 is 4.74 Å². The van der Waals surface area contributed by atoms with Crippen molar-refractivity contribution in [1.29, 1.82) is 0 Å². The van der Waals surface area contributed by atoms with Gasteiger partial charge >= 0.3 is 0 Å². The van der Waals surface area contributed by atoms with Gasteiger partial charge in [-0.15, -0.1) is 11.8 Å². The van der Waals surface area contributed by atoms with Gasteiger partial charge in [0.25, 0.3) is 0 Å². The van der Waals surface area contributed by atoms with Crippen LogP contribution in [0.5, 0.6) is 5.75 Å². The van der Waals surface area contributed by atoms with Crippen molar-refractivity contribution in [3.05, 3.63) is 35.7 Å². The molecule has 2 aromatic rings. The SMILES string of the molecule is CSc1ccc(OCc2nonc2C)cc1. The molecular weight excluding hydrogens is 224 g/mol. The highest BCUT2D eigenvalue weighted by Gasteiger charge is 2.05. The van der Waals surface area contributed by atoms with Gasteiger partial charge in [0.1, 0.15) is 23.7 Å². The molecule has 0 spiro atoms. The van der Waals surface area contributed by atoms with E-state index in [4.69, 9.17) is 4.74 Å². The van der Waals surface area contributed by atoms with E-state index in [2.05, 4.69) is 14.9 Å². The summed E-state index contributed by atoms with van der Waals surface area (Å²) in [6.45, 7) is 2.22. The average Bonchev–Trinajstić information content (AvgIpc) is 2.73. The van der Waals surface area contributed by atoms with Crippen LogP contribution in [0.3, 0.4) is 0 Å². The van der Waals surface area contributed by atoms with Crippen LogP contribution in [0.1, 0.15) is 11.4 Å². The molecule has 0 saturated heterocycles. The fraction of sp³-hybridized carbons (Fsp3) is 0.273. The van der Waals surface area contributed by atoms with Gasteiger partial charge in [0.05, 0.1) is 0 Å². The van der Waals surface area contributed by atoms with Gasteiger partial charge in [0.2, 0.25) is 0 Å². The Morgan fingerprint density at radius 1 is 1.25 bits per heavy atom. The summed E-state index contributed by atoms with van der Waals surface area (Å²) >= 11 is 1.70. The molecule has 5 heteroatoms. The molecule has 0 saturated carbocycles. The van der Waals surface area contributed by atoms with Crippen LogP contribution in [-0.4, -0.2) is 16.6 Å². The Morgan fingerprint density at radius 2 is 2.00 bits per heavy atom. The minimum atomic E-state index is 0.383. The summed E-state index contributed by atoms with van der Waals surface area (Å²) in [5, 5.41) is 7.44. The first-order chi connectivity index (χ1) is 7.79. The molecule has 0 radical (unpaired) electrons. The molecule has 1 aromatic heterocycles. The lowest BCUT2D eigenvalue weighted by Gasteiger charge is -2.04. The van der Waals surface area contributed by atoms with Crippen LogP contribution in [0, 0.1) is 6.92 Å². The van der Waals surface area contributed by atoms with Crippen LogP contribution >= 0.6 is 11.8 Å². The first-order valence-corrected chi connectivity index (χ1v) is 6.07. The zero-order chi connectivity index (χ0) is 11.4. The highest BCUT2D eigenvalue weighted by atomic mass is 32.2. The Morgan fingerprint density at radius 3 is 2.56 bits per heavy atom. The smallest absolute Gasteiger partial charge is 0.145 e. The number of thioether (sulfide) groups is 1. The van der Waals surface area contributed by atoms with Crippen LogP contribution in [0.2, 0.25) is 0 Å². The molecular formula is C11H12N2O2S. The number of benzene rings is 1. The fourth-order valence-corrected chi connectivity index (χ4v) is 1.61. The summed E-state index contributed by atoms with van der Waals surface area (Å²) in [5.74, 6) is 0.820. The topological polar surface area (TPSA) is 48.2 Å². The Kier molecular flexibility index (Phi) is 3.46. The molecule has 0 aliphatic heterocycles. The third kappa shape index (κ3) is 2.55. The summed E-state index contributed by atoms with van der Waals surface area (Å²) in [7, 11) is 0. The lowest BCUT2D eigenvalue weighted by molar-refractivity contribution is 0.270. The van der Waals surface area contributed by atoms with Gasteiger partial charge in [-0.3, -0.25) is 0 Å². The molecule has 0 aliphatic rings. The lowest BCUT2D eigenvalue weighted by atomic mass is 10.3. The average molecular weight is 236 g/mol. The molecule has 1 aromatic carbocycles. The number of hydrogen-bond acceptors (Lipinski definition) is 5. The van der Waals surface area contributed by atoms with Crippen molar-refractivity contribution in [3.63, 3.8) is 0 Å². The quantitative estimate of drug-likeness (QED) is 0.764. The molecule has 84 valence electrons. The number of aromatic nitrogens is 2. The minimum Gasteiger partial charge on any atom is -0.487 e. The number of hydrogen-bond donors (Lipinski definition) is 0. The van der Waals surface area contributed by atoms with Crippen LogP contribution in [0.25, 0.3) is 0 Å². The third-order valence-corrected chi connectivity index (χ3v) is 2.92. The van der Waals surface area contributed by atoms with Crippen molar-refractivity contribution in [2.45, 2.75) is 18.4 Å².